The standard InChI is InChI=1S/C18H12BrFN4O3S/c19-15-5-13-17(21-9-22-18(13)27-15)14-6-24(12-7-28(25,26)8-12)23-16(14)10-1-3-11(20)4-2-10/h1-6,9,12H,7-8H2. The molecule has 1 fully saturated rings. The van der Waals surface area contributed by atoms with E-state index in [4.69, 9.17) is 4.42 Å². The fourth-order valence-electron chi connectivity index (χ4n) is 3.30. The number of rotatable bonds is 3. The van der Waals surface area contributed by atoms with Crippen molar-refractivity contribution < 1.29 is 17.2 Å². The molecular weight excluding hydrogens is 451 g/mol. The van der Waals surface area contributed by atoms with Gasteiger partial charge in [0.1, 0.15) is 17.8 Å². The molecule has 0 aliphatic carbocycles. The van der Waals surface area contributed by atoms with Gasteiger partial charge in [0.25, 0.3) is 0 Å². The maximum Gasteiger partial charge on any atom is 0.231 e. The minimum atomic E-state index is -3.01. The average Bonchev–Trinajstić information content (AvgIpc) is 3.22. The maximum atomic E-state index is 13.4. The first kappa shape index (κ1) is 17.5. The third-order valence-corrected chi connectivity index (χ3v) is 6.85. The molecule has 28 heavy (non-hydrogen) atoms. The highest BCUT2D eigenvalue weighted by Crippen LogP contribution is 2.37. The Labute approximate surface area is 167 Å². The molecule has 10 heteroatoms. The van der Waals surface area contributed by atoms with E-state index >= 15 is 0 Å². The largest absolute Gasteiger partial charge is 0.431 e. The molecule has 0 saturated carbocycles. The Balaban J connectivity index is 1.71. The van der Waals surface area contributed by atoms with Gasteiger partial charge in [-0.3, -0.25) is 4.68 Å². The highest BCUT2D eigenvalue weighted by atomic mass is 79.9. The van der Waals surface area contributed by atoms with Crippen LogP contribution >= 0.6 is 15.9 Å². The van der Waals surface area contributed by atoms with Gasteiger partial charge in [-0.25, -0.2) is 22.8 Å². The van der Waals surface area contributed by atoms with Crippen LogP contribution in [0.5, 0.6) is 0 Å². The first-order valence-corrected chi connectivity index (χ1v) is 11.0. The Morgan fingerprint density at radius 1 is 1.14 bits per heavy atom. The van der Waals surface area contributed by atoms with Crippen molar-refractivity contribution in [3.05, 3.63) is 53.3 Å². The second kappa shape index (κ2) is 6.21. The third kappa shape index (κ3) is 2.92. The van der Waals surface area contributed by atoms with Gasteiger partial charge in [0.2, 0.25) is 5.71 Å². The Bertz CT molecular complexity index is 1300. The smallest absolute Gasteiger partial charge is 0.231 e. The molecule has 0 spiro atoms. The van der Waals surface area contributed by atoms with Crippen molar-refractivity contribution in [1.29, 1.82) is 0 Å². The van der Waals surface area contributed by atoms with Gasteiger partial charge in [0.05, 0.1) is 28.6 Å². The molecule has 0 amide bonds. The lowest BCUT2D eigenvalue weighted by Gasteiger charge is -2.25. The minimum absolute atomic E-state index is 0.0490. The number of hydrogen-bond donors (Lipinski definition) is 0. The molecule has 1 aliphatic heterocycles. The Hall–Kier alpha value is -2.59. The minimum Gasteiger partial charge on any atom is -0.431 e. The first-order chi connectivity index (χ1) is 13.4. The van der Waals surface area contributed by atoms with Crippen LogP contribution in [-0.2, 0) is 9.84 Å². The van der Waals surface area contributed by atoms with E-state index in [0.29, 0.717) is 38.3 Å². The first-order valence-electron chi connectivity index (χ1n) is 8.35. The van der Waals surface area contributed by atoms with Crippen LogP contribution in [0.3, 0.4) is 0 Å². The summed E-state index contributed by atoms with van der Waals surface area (Å²) < 4.78 is 44.3. The van der Waals surface area contributed by atoms with Crippen molar-refractivity contribution in [3.63, 3.8) is 0 Å². The lowest BCUT2D eigenvalue weighted by atomic mass is 10.0. The number of aromatic nitrogens is 4. The lowest BCUT2D eigenvalue weighted by molar-refractivity contribution is 0.474. The second-order valence-electron chi connectivity index (χ2n) is 6.60. The number of furan rings is 1. The van der Waals surface area contributed by atoms with Crippen LogP contribution in [0.2, 0.25) is 0 Å². The van der Waals surface area contributed by atoms with Crippen molar-refractivity contribution in [1.82, 2.24) is 19.7 Å². The number of benzene rings is 1. The van der Waals surface area contributed by atoms with Crippen molar-refractivity contribution in [3.8, 4) is 22.5 Å². The van der Waals surface area contributed by atoms with Gasteiger partial charge in [0.15, 0.2) is 14.5 Å². The molecule has 0 bridgehead atoms. The van der Waals surface area contributed by atoms with Crippen LogP contribution in [0, 0.1) is 5.82 Å². The molecule has 4 aromatic rings. The van der Waals surface area contributed by atoms with E-state index in [0.717, 1.165) is 0 Å². The predicted octanol–water partition coefficient (Wildman–Crippen LogP) is 3.62. The molecular formula is C18H12BrFN4O3S. The molecule has 0 unspecified atom stereocenters. The quantitative estimate of drug-likeness (QED) is 0.461. The highest BCUT2D eigenvalue weighted by molar-refractivity contribution is 9.10. The zero-order valence-electron chi connectivity index (χ0n) is 14.2. The van der Waals surface area contributed by atoms with Gasteiger partial charge in [0, 0.05) is 23.4 Å². The summed E-state index contributed by atoms with van der Waals surface area (Å²) in [7, 11) is -3.01. The Morgan fingerprint density at radius 2 is 1.89 bits per heavy atom. The molecule has 1 saturated heterocycles. The monoisotopic (exact) mass is 462 g/mol. The molecule has 3 aromatic heterocycles. The third-order valence-electron chi connectivity index (χ3n) is 4.67. The van der Waals surface area contributed by atoms with Gasteiger partial charge in [-0.1, -0.05) is 0 Å². The maximum absolute atomic E-state index is 13.4. The normalized spacial score (nSPS) is 16.4. The predicted molar refractivity (Wildman–Crippen MR) is 104 cm³/mol. The number of sulfone groups is 1. The van der Waals surface area contributed by atoms with Crippen LogP contribution in [0.25, 0.3) is 33.6 Å². The highest BCUT2D eigenvalue weighted by Gasteiger charge is 2.36. The van der Waals surface area contributed by atoms with Crippen molar-refractivity contribution in [2.24, 2.45) is 0 Å². The molecule has 0 N–H and O–H groups in total. The van der Waals surface area contributed by atoms with Gasteiger partial charge < -0.3 is 4.42 Å². The van der Waals surface area contributed by atoms with Crippen LogP contribution in [0.15, 0.2) is 51.9 Å². The summed E-state index contributed by atoms with van der Waals surface area (Å²) in [6, 6.07) is 7.52. The van der Waals surface area contributed by atoms with Gasteiger partial charge in [-0.05, 0) is 40.2 Å². The van der Waals surface area contributed by atoms with E-state index in [-0.39, 0.29) is 23.4 Å². The Morgan fingerprint density at radius 3 is 2.61 bits per heavy atom. The van der Waals surface area contributed by atoms with Crippen LogP contribution in [0.4, 0.5) is 4.39 Å². The number of nitrogens with zero attached hydrogens (tertiary/aromatic N) is 4. The van der Waals surface area contributed by atoms with Crippen LogP contribution < -0.4 is 0 Å². The van der Waals surface area contributed by atoms with Crippen LogP contribution in [-0.4, -0.2) is 39.7 Å². The van der Waals surface area contributed by atoms with Crippen LogP contribution in [0.1, 0.15) is 6.04 Å². The summed E-state index contributed by atoms with van der Waals surface area (Å²) in [6.07, 6.45) is 3.17. The molecule has 0 radical (unpaired) electrons. The van der Waals surface area contributed by atoms with Crippen molar-refractivity contribution in [2.75, 3.05) is 11.5 Å². The van der Waals surface area contributed by atoms with E-state index in [1.165, 1.54) is 18.5 Å². The zero-order valence-corrected chi connectivity index (χ0v) is 16.6. The number of hydrogen-bond acceptors (Lipinski definition) is 6. The SMILES string of the molecule is O=S1(=O)CC(n2cc(-c3ncnc4oc(Br)cc34)c(-c3ccc(F)cc3)n2)C1. The lowest BCUT2D eigenvalue weighted by Crippen LogP contribution is -2.38. The van der Waals surface area contributed by atoms with Crippen molar-refractivity contribution >= 4 is 36.9 Å². The number of fused-ring (bicyclic) bond motifs is 1. The van der Waals surface area contributed by atoms with E-state index < -0.39 is 9.84 Å². The topological polar surface area (TPSA) is 90.9 Å². The molecule has 142 valence electrons. The van der Waals surface area contributed by atoms with Gasteiger partial charge in [-0.2, -0.15) is 5.10 Å². The Kier molecular flexibility index (Phi) is 3.88. The molecule has 0 atom stereocenters. The zero-order chi connectivity index (χ0) is 19.5. The molecule has 5 rings (SSSR count). The van der Waals surface area contributed by atoms with E-state index in [2.05, 4.69) is 31.0 Å². The van der Waals surface area contributed by atoms with E-state index in [9.17, 15) is 12.8 Å². The summed E-state index contributed by atoms with van der Waals surface area (Å²) >= 11 is 3.30. The molecule has 1 aliphatic rings. The second-order valence-corrected chi connectivity index (χ2v) is 9.54. The van der Waals surface area contributed by atoms with Gasteiger partial charge >= 0.3 is 0 Å². The van der Waals surface area contributed by atoms with Gasteiger partial charge in [-0.15, -0.1) is 0 Å². The molecule has 7 nitrogen and oxygen atoms in total. The van der Waals surface area contributed by atoms with E-state index in [1.54, 1.807) is 29.1 Å². The molecule has 4 heterocycles. The fraction of sp³-hybridized carbons (Fsp3) is 0.167. The average molecular weight is 463 g/mol. The van der Waals surface area contributed by atoms with E-state index in [1.807, 2.05) is 0 Å². The number of halogens is 2. The molecule has 1 aromatic carbocycles. The summed E-state index contributed by atoms with van der Waals surface area (Å²) in [5.74, 6) is -0.251. The summed E-state index contributed by atoms with van der Waals surface area (Å²) in [5, 5.41) is 5.31. The van der Waals surface area contributed by atoms with Crippen molar-refractivity contribution in [2.45, 2.75) is 6.04 Å². The summed E-state index contributed by atoms with van der Waals surface area (Å²) in [6.45, 7) is 0. The summed E-state index contributed by atoms with van der Waals surface area (Å²) in [5.41, 5.74) is 3.00. The summed E-state index contributed by atoms with van der Waals surface area (Å²) in [4.78, 5) is 8.53. The fourth-order valence-corrected chi connectivity index (χ4v) is 5.07.